The fourth-order valence-corrected chi connectivity index (χ4v) is 4.64. The SMILES string of the molecule is CC(C)OCCCn1c(=O)c2cc(Cl)ccc2n2c(SCc3cccc(Cl)c3)nnc12. The maximum atomic E-state index is 13.2. The third-order valence-corrected chi connectivity index (χ3v) is 6.24. The van der Waals surface area contributed by atoms with E-state index in [0.717, 1.165) is 11.1 Å². The van der Waals surface area contributed by atoms with Gasteiger partial charge in [-0.1, -0.05) is 47.1 Å². The molecule has 0 atom stereocenters. The van der Waals surface area contributed by atoms with Crippen molar-refractivity contribution in [2.24, 2.45) is 0 Å². The molecule has 0 bridgehead atoms. The number of ether oxygens (including phenoxy) is 1. The lowest BCUT2D eigenvalue weighted by atomic mass is 10.2. The van der Waals surface area contributed by atoms with Crippen LogP contribution in [0.4, 0.5) is 0 Å². The molecule has 0 N–H and O–H groups in total. The number of hydrogen-bond donors (Lipinski definition) is 0. The highest BCUT2D eigenvalue weighted by Crippen LogP contribution is 2.26. The lowest BCUT2D eigenvalue weighted by Crippen LogP contribution is -2.24. The van der Waals surface area contributed by atoms with E-state index in [9.17, 15) is 4.79 Å². The largest absolute Gasteiger partial charge is 0.379 e. The predicted octanol–water partition coefficient (Wildman–Crippen LogP) is 5.46. The van der Waals surface area contributed by atoms with E-state index < -0.39 is 0 Å². The molecule has 0 aliphatic carbocycles. The Balaban J connectivity index is 1.74. The van der Waals surface area contributed by atoms with Gasteiger partial charge in [-0.05, 0) is 56.2 Å². The molecule has 0 spiro atoms. The molecular weight excluding hydrogens is 455 g/mol. The van der Waals surface area contributed by atoms with E-state index in [-0.39, 0.29) is 11.7 Å². The van der Waals surface area contributed by atoms with Gasteiger partial charge in [0.1, 0.15) is 0 Å². The Morgan fingerprint density at radius 3 is 2.68 bits per heavy atom. The van der Waals surface area contributed by atoms with Crippen molar-refractivity contribution >= 4 is 51.6 Å². The summed E-state index contributed by atoms with van der Waals surface area (Å²) >= 11 is 13.8. The van der Waals surface area contributed by atoms with Crippen LogP contribution in [0.3, 0.4) is 0 Å². The molecule has 4 aromatic rings. The summed E-state index contributed by atoms with van der Waals surface area (Å²) in [5.41, 5.74) is 1.69. The summed E-state index contributed by atoms with van der Waals surface area (Å²) in [6.07, 6.45) is 0.840. The number of benzene rings is 2. The van der Waals surface area contributed by atoms with E-state index in [1.807, 2.05) is 48.6 Å². The standard InChI is InChI=1S/C22H22Cl2N4O2S/c1-14(2)30-10-4-9-27-20(29)18-12-17(24)7-8-19(18)28-21(27)25-26-22(28)31-13-15-5-3-6-16(23)11-15/h3,5-8,11-12,14H,4,9-10,13H2,1-2H3. The minimum Gasteiger partial charge on any atom is -0.379 e. The van der Waals surface area contributed by atoms with Gasteiger partial charge in [0, 0.05) is 28.9 Å². The van der Waals surface area contributed by atoms with Crippen molar-refractivity contribution in [3.8, 4) is 0 Å². The van der Waals surface area contributed by atoms with E-state index in [4.69, 9.17) is 27.9 Å². The lowest BCUT2D eigenvalue weighted by Gasteiger charge is -2.12. The molecule has 0 saturated carbocycles. The van der Waals surface area contributed by atoms with E-state index in [2.05, 4.69) is 10.2 Å². The third-order valence-electron chi connectivity index (χ3n) is 4.77. The highest BCUT2D eigenvalue weighted by molar-refractivity contribution is 7.98. The van der Waals surface area contributed by atoms with Gasteiger partial charge in [0.05, 0.1) is 17.0 Å². The van der Waals surface area contributed by atoms with Crippen LogP contribution >= 0.6 is 35.0 Å². The van der Waals surface area contributed by atoms with E-state index >= 15 is 0 Å². The molecule has 0 unspecified atom stereocenters. The maximum absolute atomic E-state index is 13.2. The van der Waals surface area contributed by atoms with Gasteiger partial charge in [-0.3, -0.25) is 13.8 Å². The fourth-order valence-electron chi connectivity index (χ4n) is 3.37. The monoisotopic (exact) mass is 476 g/mol. The first kappa shape index (κ1) is 22.1. The molecule has 2 aromatic carbocycles. The number of aryl methyl sites for hydroxylation is 1. The molecule has 9 heteroatoms. The van der Waals surface area contributed by atoms with Gasteiger partial charge in [0.25, 0.3) is 5.56 Å². The van der Waals surface area contributed by atoms with E-state index in [1.54, 1.807) is 28.5 Å². The molecule has 162 valence electrons. The summed E-state index contributed by atoms with van der Waals surface area (Å²) in [7, 11) is 0. The van der Waals surface area contributed by atoms with Crippen LogP contribution in [0, 0.1) is 0 Å². The van der Waals surface area contributed by atoms with Crippen LogP contribution in [0.15, 0.2) is 52.4 Å². The topological polar surface area (TPSA) is 61.4 Å². The molecule has 6 nitrogen and oxygen atoms in total. The van der Waals surface area contributed by atoms with Crippen LogP contribution < -0.4 is 5.56 Å². The Bertz CT molecular complexity index is 1290. The third kappa shape index (κ3) is 4.90. The normalized spacial score (nSPS) is 11.8. The van der Waals surface area contributed by atoms with Crippen molar-refractivity contribution < 1.29 is 4.74 Å². The molecule has 2 heterocycles. The van der Waals surface area contributed by atoms with Gasteiger partial charge in [-0.15, -0.1) is 10.2 Å². The second kappa shape index (κ2) is 9.61. The van der Waals surface area contributed by atoms with Crippen molar-refractivity contribution in [1.29, 1.82) is 0 Å². The zero-order chi connectivity index (χ0) is 22.0. The number of thioether (sulfide) groups is 1. The molecule has 0 fully saturated rings. The first-order valence-electron chi connectivity index (χ1n) is 10.00. The summed E-state index contributed by atoms with van der Waals surface area (Å²) in [4.78, 5) is 13.2. The summed E-state index contributed by atoms with van der Waals surface area (Å²) < 4.78 is 9.20. The van der Waals surface area contributed by atoms with Gasteiger partial charge < -0.3 is 4.74 Å². The highest BCUT2D eigenvalue weighted by Gasteiger charge is 2.17. The maximum Gasteiger partial charge on any atom is 0.262 e. The van der Waals surface area contributed by atoms with Gasteiger partial charge >= 0.3 is 0 Å². The van der Waals surface area contributed by atoms with E-state index in [1.165, 1.54) is 0 Å². The second-order valence-electron chi connectivity index (χ2n) is 7.43. The van der Waals surface area contributed by atoms with Crippen molar-refractivity contribution in [2.45, 2.75) is 43.8 Å². The molecular formula is C22H22Cl2N4O2S. The Morgan fingerprint density at radius 1 is 1.10 bits per heavy atom. The Labute approximate surface area is 194 Å². The number of fused-ring (bicyclic) bond motifs is 3. The average Bonchev–Trinajstić information content (AvgIpc) is 3.15. The van der Waals surface area contributed by atoms with Crippen molar-refractivity contribution in [3.63, 3.8) is 0 Å². The number of nitrogens with zero attached hydrogens (tertiary/aromatic N) is 4. The van der Waals surface area contributed by atoms with Gasteiger partial charge in [0.2, 0.25) is 5.78 Å². The smallest absolute Gasteiger partial charge is 0.262 e. The van der Waals surface area contributed by atoms with Gasteiger partial charge in [-0.2, -0.15) is 0 Å². The average molecular weight is 477 g/mol. The molecule has 0 aliphatic rings. The quantitative estimate of drug-likeness (QED) is 0.249. The summed E-state index contributed by atoms with van der Waals surface area (Å²) in [6, 6.07) is 13.0. The molecule has 31 heavy (non-hydrogen) atoms. The van der Waals surface area contributed by atoms with Crippen LogP contribution in [0.25, 0.3) is 16.7 Å². The number of aromatic nitrogens is 4. The summed E-state index contributed by atoms with van der Waals surface area (Å²) in [5.74, 6) is 1.19. The van der Waals surface area contributed by atoms with Gasteiger partial charge in [-0.25, -0.2) is 0 Å². The minimum atomic E-state index is -0.131. The van der Waals surface area contributed by atoms with E-state index in [0.29, 0.717) is 51.7 Å². The van der Waals surface area contributed by atoms with Crippen molar-refractivity contribution in [1.82, 2.24) is 19.2 Å². The molecule has 0 amide bonds. The lowest BCUT2D eigenvalue weighted by molar-refractivity contribution is 0.0748. The zero-order valence-electron chi connectivity index (χ0n) is 17.2. The van der Waals surface area contributed by atoms with Crippen LogP contribution in [0.1, 0.15) is 25.8 Å². The first-order valence-corrected chi connectivity index (χ1v) is 11.7. The fraction of sp³-hybridized carbons (Fsp3) is 0.318. The minimum absolute atomic E-state index is 0.131. The van der Waals surface area contributed by atoms with Crippen LogP contribution in [-0.4, -0.2) is 31.9 Å². The molecule has 4 rings (SSSR count). The highest BCUT2D eigenvalue weighted by atomic mass is 35.5. The Morgan fingerprint density at radius 2 is 1.90 bits per heavy atom. The van der Waals surface area contributed by atoms with Crippen LogP contribution in [0.5, 0.6) is 0 Å². The molecule has 0 aliphatic heterocycles. The number of halogens is 2. The molecule has 0 saturated heterocycles. The Hall–Kier alpha value is -2.06. The summed E-state index contributed by atoms with van der Waals surface area (Å²) in [5, 5.41) is 11.2. The van der Waals surface area contributed by atoms with Gasteiger partial charge in [0.15, 0.2) is 5.16 Å². The predicted molar refractivity (Wildman–Crippen MR) is 126 cm³/mol. The van der Waals surface area contributed by atoms with Crippen LogP contribution in [0.2, 0.25) is 10.0 Å². The van der Waals surface area contributed by atoms with Crippen LogP contribution in [-0.2, 0) is 17.0 Å². The summed E-state index contributed by atoms with van der Waals surface area (Å²) in [6.45, 7) is 5.03. The van der Waals surface area contributed by atoms with Crippen molar-refractivity contribution in [2.75, 3.05) is 6.61 Å². The Kier molecular flexibility index (Phi) is 6.86. The number of rotatable bonds is 8. The van der Waals surface area contributed by atoms with Crippen molar-refractivity contribution in [3.05, 3.63) is 68.4 Å². The first-order chi connectivity index (χ1) is 14.9. The second-order valence-corrected chi connectivity index (χ2v) is 9.24. The number of hydrogen-bond acceptors (Lipinski definition) is 5. The molecule has 2 aromatic heterocycles. The zero-order valence-corrected chi connectivity index (χ0v) is 19.5. The molecule has 0 radical (unpaired) electrons.